The van der Waals surface area contributed by atoms with Gasteiger partial charge >= 0.3 is 111 Å². The van der Waals surface area contributed by atoms with Crippen molar-refractivity contribution in [3.63, 3.8) is 0 Å². The van der Waals surface area contributed by atoms with Crippen LogP contribution in [0, 0.1) is 0 Å². The average molecular weight is 307 g/mol. The summed E-state index contributed by atoms with van der Waals surface area (Å²) in [7, 11) is 6.83. The van der Waals surface area contributed by atoms with Gasteiger partial charge in [0.15, 0.2) is 0 Å². The monoisotopic (exact) mass is 308 g/mol. The van der Waals surface area contributed by atoms with E-state index in [2.05, 4.69) is 56.3 Å². The molecule has 0 aliphatic rings. The molecule has 0 N–H and O–H groups in total. The van der Waals surface area contributed by atoms with Crippen LogP contribution in [0.25, 0.3) is 10.8 Å². The van der Waals surface area contributed by atoms with Crippen LogP contribution in [-0.4, -0.2) is 12.3 Å². The molecule has 0 nitrogen and oxygen atoms in total. The van der Waals surface area contributed by atoms with Crippen molar-refractivity contribution >= 4 is 33.1 Å². The second-order valence-corrected chi connectivity index (χ2v) is 17.4. The van der Waals surface area contributed by atoms with Gasteiger partial charge in [0.1, 0.15) is 0 Å². The Balaban J connectivity index is 2.42. The quantitative estimate of drug-likeness (QED) is 0.686. The summed E-state index contributed by atoms with van der Waals surface area (Å²) in [5.41, 5.74) is 1.45. The Morgan fingerprint density at radius 2 is 1.59 bits per heavy atom. The zero-order chi connectivity index (χ0) is 12.3. The van der Waals surface area contributed by atoms with E-state index in [9.17, 15) is 0 Å². The number of halogens is 1. The van der Waals surface area contributed by atoms with Gasteiger partial charge in [0.2, 0.25) is 0 Å². The molecule has 2 aromatic carbocycles. The number of rotatable bonds is 4. The van der Waals surface area contributed by atoms with Crippen LogP contribution >= 0.6 is 10.0 Å². The van der Waals surface area contributed by atoms with Gasteiger partial charge < -0.3 is 0 Å². The van der Waals surface area contributed by atoms with E-state index >= 15 is 0 Å². The first-order valence-corrected chi connectivity index (χ1v) is 13.5. The molecule has 0 saturated carbocycles. The van der Waals surface area contributed by atoms with E-state index in [0.717, 1.165) is 5.25 Å². The van der Waals surface area contributed by atoms with Crippen molar-refractivity contribution in [2.75, 3.05) is 0 Å². The van der Waals surface area contributed by atoms with Crippen molar-refractivity contribution in [3.05, 3.63) is 48.0 Å². The minimum atomic E-state index is -2.10. The Morgan fingerprint density at radius 1 is 0.941 bits per heavy atom. The summed E-state index contributed by atoms with van der Waals surface area (Å²) in [6.07, 6.45) is 0. The summed E-state index contributed by atoms with van der Waals surface area (Å²) in [5, 5.41) is 6.24. The van der Waals surface area contributed by atoms with Gasteiger partial charge in [0.25, 0.3) is 0 Å². The van der Waals surface area contributed by atoms with E-state index in [1.807, 2.05) is 0 Å². The fourth-order valence-electron chi connectivity index (χ4n) is 2.29. The molecule has 0 aliphatic heterocycles. The van der Waals surface area contributed by atoms with Crippen LogP contribution in [0.3, 0.4) is 0 Å². The second kappa shape index (κ2) is 5.45. The van der Waals surface area contributed by atoms with Crippen LogP contribution in [0.5, 0.6) is 0 Å². The Bertz CT molecular complexity index is 498. The van der Waals surface area contributed by atoms with Gasteiger partial charge in [-0.25, -0.2) is 0 Å². The molecule has 0 amide bonds. The molecule has 0 radical (unpaired) electrons. The zero-order valence-corrected chi connectivity index (χ0v) is 13.4. The van der Waals surface area contributed by atoms with Crippen molar-refractivity contribution < 1.29 is 0 Å². The molecule has 0 aliphatic carbocycles. The molecule has 90 valence electrons. The van der Waals surface area contributed by atoms with E-state index in [0.29, 0.717) is 0 Å². The van der Waals surface area contributed by atoms with Gasteiger partial charge in [-0.2, -0.15) is 0 Å². The van der Waals surface area contributed by atoms with Crippen molar-refractivity contribution in [3.8, 4) is 0 Å². The molecule has 0 spiro atoms. The van der Waals surface area contributed by atoms with Crippen LogP contribution in [0.2, 0.25) is 10.5 Å². The van der Waals surface area contributed by atoms with Crippen molar-refractivity contribution in [2.45, 2.75) is 29.6 Å². The molecule has 0 aromatic heterocycles. The molecule has 0 atom stereocenters. The third kappa shape index (κ3) is 2.86. The van der Waals surface area contributed by atoms with Crippen molar-refractivity contribution in [1.82, 2.24) is 0 Å². The predicted molar refractivity (Wildman–Crippen MR) is 80.2 cm³/mol. The fraction of sp³-hybridized carbons (Fsp3) is 0.333. The molecule has 2 aromatic rings. The van der Waals surface area contributed by atoms with Gasteiger partial charge in [0, 0.05) is 0 Å². The summed E-state index contributed by atoms with van der Waals surface area (Å²) in [4.78, 5) is 0. The molecule has 0 saturated heterocycles. The molecule has 0 unspecified atom stereocenters. The number of hydrogen-bond donors (Lipinski definition) is 0. The molecular formula is C15H19ClGe. The molecule has 2 heteroatoms. The average Bonchev–Trinajstić information content (AvgIpc) is 2.39. The summed E-state index contributed by atoms with van der Waals surface area (Å²) >= 11 is -2.10. The van der Waals surface area contributed by atoms with Crippen LogP contribution in [-0.2, 0) is 5.25 Å². The van der Waals surface area contributed by atoms with E-state index in [1.54, 1.807) is 0 Å². The normalized spacial score (nSPS) is 11.9. The Hall–Kier alpha value is -0.467. The van der Waals surface area contributed by atoms with E-state index < -0.39 is 12.3 Å². The van der Waals surface area contributed by atoms with Crippen molar-refractivity contribution in [1.29, 1.82) is 0 Å². The molecular weight excluding hydrogens is 288 g/mol. The van der Waals surface area contributed by atoms with Gasteiger partial charge in [-0.05, 0) is 0 Å². The summed E-state index contributed by atoms with van der Waals surface area (Å²) < 4.78 is 0. The SMILES string of the molecule is C[CH2][Ge]([Cl])([CH2]C)[CH2]c1cccc2ccccc12. The standard InChI is InChI=1S/C15H19ClGe/c1-3-17(16,4-2)12-14-10-7-9-13-8-5-6-11-15(13)14/h5-11H,3-4,12H2,1-2H3. The van der Waals surface area contributed by atoms with E-state index in [1.165, 1.54) is 26.8 Å². The molecule has 0 heterocycles. The van der Waals surface area contributed by atoms with E-state index in [-0.39, 0.29) is 0 Å². The summed E-state index contributed by atoms with van der Waals surface area (Å²) in [6.45, 7) is 4.50. The zero-order valence-electron chi connectivity index (χ0n) is 10.5. The molecule has 2 rings (SSSR count). The van der Waals surface area contributed by atoms with E-state index in [4.69, 9.17) is 10.0 Å². The summed E-state index contributed by atoms with van der Waals surface area (Å²) in [6, 6.07) is 15.2. The number of fused-ring (bicyclic) bond motifs is 1. The Kier molecular flexibility index (Phi) is 4.16. The molecule has 17 heavy (non-hydrogen) atoms. The van der Waals surface area contributed by atoms with Crippen LogP contribution in [0.1, 0.15) is 19.4 Å². The third-order valence-corrected chi connectivity index (χ3v) is 14.6. The second-order valence-electron chi connectivity index (χ2n) is 4.67. The first kappa shape index (κ1) is 13.0. The van der Waals surface area contributed by atoms with Crippen LogP contribution in [0.4, 0.5) is 0 Å². The van der Waals surface area contributed by atoms with Gasteiger partial charge in [-0.15, -0.1) is 0 Å². The van der Waals surface area contributed by atoms with Gasteiger partial charge in [0.05, 0.1) is 0 Å². The van der Waals surface area contributed by atoms with Gasteiger partial charge in [-0.3, -0.25) is 0 Å². The topological polar surface area (TPSA) is 0 Å². The number of hydrogen-bond acceptors (Lipinski definition) is 0. The molecule has 0 bridgehead atoms. The maximum atomic E-state index is 6.83. The first-order chi connectivity index (χ1) is 8.18. The van der Waals surface area contributed by atoms with Crippen molar-refractivity contribution in [2.24, 2.45) is 0 Å². The minimum absolute atomic E-state index is 1.13. The van der Waals surface area contributed by atoms with Gasteiger partial charge in [-0.1, -0.05) is 0 Å². The molecule has 0 fully saturated rings. The van der Waals surface area contributed by atoms with Crippen LogP contribution in [0.15, 0.2) is 42.5 Å². The summed E-state index contributed by atoms with van der Waals surface area (Å²) in [5.74, 6) is 0. The van der Waals surface area contributed by atoms with Crippen LogP contribution < -0.4 is 0 Å². The Morgan fingerprint density at radius 3 is 2.29 bits per heavy atom. The predicted octanol–water partition coefficient (Wildman–Crippen LogP) is 5.15. The fourth-order valence-corrected chi connectivity index (χ4v) is 7.21. The maximum absolute atomic E-state index is 6.83. The third-order valence-electron chi connectivity index (χ3n) is 3.65. The Labute approximate surface area is 111 Å². The number of benzene rings is 2. The first-order valence-electron chi connectivity index (χ1n) is 6.34.